The number of thioether (sulfide) groups is 1. The number of aliphatic carboxylic acids is 1. The first-order chi connectivity index (χ1) is 16.5. The molecule has 0 bridgehead atoms. The Labute approximate surface area is 202 Å². The van der Waals surface area contributed by atoms with E-state index in [9.17, 15) is 19.5 Å². The van der Waals surface area contributed by atoms with Gasteiger partial charge in [-0.05, 0) is 41.5 Å². The highest BCUT2D eigenvalue weighted by atomic mass is 32.2. The number of nitrogens with one attached hydrogen (secondary N) is 1. The zero-order chi connectivity index (χ0) is 23.7. The molecule has 1 heterocycles. The van der Waals surface area contributed by atoms with Crippen LogP contribution in [0.2, 0.25) is 0 Å². The number of fused-ring (bicyclic) bond motifs is 3. The molecule has 1 aliphatic heterocycles. The molecule has 0 aromatic heterocycles. The number of nitrogens with zero attached hydrogens (tertiary/aromatic N) is 1. The van der Waals surface area contributed by atoms with Crippen molar-refractivity contribution in [3.63, 3.8) is 0 Å². The van der Waals surface area contributed by atoms with Gasteiger partial charge in [-0.3, -0.25) is 9.59 Å². The molecule has 2 fully saturated rings. The van der Waals surface area contributed by atoms with Crippen LogP contribution in [0.25, 0.3) is 11.1 Å². The molecule has 0 radical (unpaired) electrons. The molecule has 2 N–H and O–H groups in total. The monoisotopic (exact) mass is 480 g/mol. The Morgan fingerprint density at radius 2 is 1.71 bits per heavy atom. The highest BCUT2D eigenvalue weighted by Gasteiger charge is 2.37. The van der Waals surface area contributed by atoms with E-state index >= 15 is 0 Å². The van der Waals surface area contributed by atoms with Crippen LogP contribution in [0.4, 0.5) is 4.79 Å². The average molecular weight is 481 g/mol. The molecule has 3 atom stereocenters. The number of ether oxygens (including phenoxy) is 1. The number of carbonyl (C=O) groups excluding carboxylic acids is 2. The Morgan fingerprint density at radius 3 is 2.38 bits per heavy atom. The third kappa shape index (κ3) is 4.51. The normalized spacial score (nSPS) is 23.8. The average Bonchev–Trinajstić information content (AvgIpc) is 3.45. The molecule has 5 rings (SSSR count). The number of carboxylic acid groups (broad SMARTS) is 1. The first-order valence-corrected chi connectivity index (χ1v) is 12.8. The van der Waals surface area contributed by atoms with Crippen LogP contribution in [-0.2, 0) is 14.3 Å². The summed E-state index contributed by atoms with van der Waals surface area (Å²) >= 11 is 1.38. The predicted octanol–water partition coefficient (Wildman–Crippen LogP) is 3.72. The van der Waals surface area contributed by atoms with Crippen molar-refractivity contribution in [1.82, 2.24) is 10.2 Å². The van der Waals surface area contributed by atoms with Gasteiger partial charge in [-0.1, -0.05) is 48.5 Å². The Hall–Kier alpha value is -3.00. The lowest BCUT2D eigenvalue weighted by Gasteiger charge is -2.32. The van der Waals surface area contributed by atoms with Gasteiger partial charge >= 0.3 is 12.1 Å². The number of carbonyl (C=O) groups is 3. The van der Waals surface area contributed by atoms with Gasteiger partial charge in [-0.2, -0.15) is 0 Å². The van der Waals surface area contributed by atoms with Crippen LogP contribution in [0.5, 0.6) is 0 Å². The third-order valence-electron chi connectivity index (χ3n) is 7.10. The lowest BCUT2D eigenvalue weighted by molar-refractivity contribution is -0.139. The van der Waals surface area contributed by atoms with Crippen molar-refractivity contribution in [3.05, 3.63) is 59.7 Å². The summed E-state index contributed by atoms with van der Waals surface area (Å²) in [5, 5.41) is 11.6. The van der Waals surface area contributed by atoms with Gasteiger partial charge in [0, 0.05) is 36.7 Å². The topological polar surface area (TPSA) is 95.9 Å². The molecule has 2 aliphatic carbocycles. The number of hydrogen-bond acceptors (Lipinski definition) is 5. The third-order valence-corrected chi connectivity index (χ3v) is 8.27. The van der Waals surface area contributed by atoms with Gasteiger partial charge < -0.3 is 20.1 Å². The maximum Gasteiger partial charge on any atom is 0.407 e. The maximum atomic E-state index is 12.9. The largest absolute Gasteiger partial charge is 0.480 e. The second-order valence-corrected chi connectivity index (χ2v) is 10.5. The van der Waals surface area contributed by atoms with Gasteiger partial charge in [-0.25, -0.2) is 4.79 Å². The van der Waals surface area contributed by atoms with Crippen molar-refractivity contribution >= 4 is 29.7 Å². The van der Waals surface area contributed by atoms with E-state index in [1.165, 1.54) is 34.0 Å². The summed E-state index contributed by atoms with van der Waals surface area (Å²) in [6.07, 6.45) is 1.50. The van der Waals surface area contributed by atoms with Gasteiger partial charge in [0.25, 0.3) is 0 Å². The first-order valence-electron chi connectivity index (χ1n) is 11.8. The van der Waals surface area contributed by atoms with Crippen molar-refractivity contribution in [2.45, 2.75) is 36.5 Å². The molecule has 8 heteroatoms. The standard InChI is InChI=1S/C26H28N2O5S/c29-24(28-11-12-34-23(14-28)25(30)31)16-9-10-17(13-16)27-26(32)33-15-22-20-7-3-1-5-18(20)19-6-2-4-8-21(19)22/h1-8,16-17,22-23H,9-15H2,(H,27,32)(H,30,31). The minimum Gasteiger partial charge on any atom is -0.480 e. The molecule has 2 aromatic carbocycles. The second-order valence-electron chi connectivity index (χ2n) is 9.16. The van der Waals surface area contributed by atoms with Gasteiger partial charge in [0.15, 0.2) is 0 Å². The molecule has 3 unspecified atom stereocenters. The van der Waals surface area contributed by atoms with Crippen molar-refractivity contribution in [3.8, 4) is 11.1 Å². The summed E-state index contributed by atoms with van der Waals surface area (Å²) in [7, 11) is 0. The van der Waals surface area contributed by atoms with Gasteiger partial charge in [0.1, 0.15) is 11.9 Å². The van der Waals surface area contributed by atoms with Crippen LogP contribution in [0.1, 0.15) is 36.3 Å². The highest BCUT2D eigenvalue weighted by molar-refractivity contribution is 8.00. The molecule has 1 saturated carbocycles. The Kier molecular flexibility index (Phi) is 6.50. The van der Waals surface area contributed by atoms with E-state index in [-0.39, 0.29) is 36.9 Å². The number of carboxylic acids is 1. The van der Waals surface area contributed by atoms with Gasteiger partial charge in [0.2, 0.25) is 5.91 Å². The van der Waals surface area contributed by atoms with E-state index in [0.717, 1.165) is 0 Å². The number of hydrogen-bond donors (Lipinski definition) is 2. The van der Waals surface area contributed by atoms with Crippen LogP contribution >= 0.6 is 11.8 Å². The number of rotatable bonds is 5. The first kappa shape index (κ1) is 22.8. The zero-order valence-electron chi connectivity index (χ0n) is 18.8. The van der Waals surface area contributed by atoms with Crippen molar-refractivity contribution in [2.75, 3.05) is 25.4 Å². The number of amides is 2. The molecule has 0 spiro atoms. The fraction of sp³-hybridized carbons (Fsp3) is 0.423. The van der Waals surface area contributed by atoms with Crippen LogP contribution in [0.15, 0.2) is 48.5 Å². The fourth-order valence-electron chi connectivity index (χ4n) is 5.40. The SMILES string of the molecule is O=C(NC1CCC(C(=O)N2CCSC(C(=O)O)C2)C1)OCC1c2ccccc2-c2ccccc21. The Bertz CT molecular complexity index is 1060. The second kappa shape index (κ2) is 9.70. The summed E-state index contributed by atoms with van der Waals surface area (Å²) < 4.78 is 5.64. The van der Waals surface area contributed by atoms with E-state index in [2.05, 4.69) is 29.6 Å². The molecular formula is C26H28N2O5S. The lowest BCUT2D eigenvalue weighted by atomic mass is 9.98. The predicted molar refractivity (Wildman–Crippen MR) is 130 cm³/mol. The summed E-state index contributed by atoms with van der Waals surface area (Å²) in [6, 6.07) is 16.3. The van der Waals surface area contributed by atoms with E-state index in [0.29, 0.717) is 31.6 Å². The molecule has 2 amide bonds. The van der Waals surface area contributed by atoms with E-state index in [1.807, 2.05) is 24.3 Å². The Balaban J connectivity index is 1.14. The fourth-order valence-corrected chi connectivity index (χ4v) is 6.44. The minimum atomic E-state index is -0.872. The summed E-state index contributed by atoms with van der Waals surface area (Å²) in [5.74, 6) is -0.407. The summed E-state index contributed by atoms with van der Waals surface area (Å²) in [4.78, 5) is 38.5. The maximum absolute atomic E-state index is 12.9. The summed E-state index contributed by atoms with van der Waals surface area (Å²) in [5.41, 5.74) is 4.71. The van der Waals surface area contributed by atoms with Crippen molar-refractivity contribution < 1.29 is 24.2 Å². The van der Waals surface area contributed by atoms with E-state index < -0.39 is 17.3 Å². The molecular weight excluding hydrogens is 452 g/mol. The Morgan fingerprint density at radius 1 is 1.03 bits per heavy atom. The van der Waals surface area contributed by atoms with E-state index in [1.54, 1.807) is 4.90 Å². The lowest BCUT2D eigenvalue weighted by Crippen LogP contribution is -2.46. The van der Waals surface area contributed by atoms with Gasteiger partial charge in [0.05, 0.1) is 0 Å². The molecule has 34 heavy (non-hydrogen) atoms. The molecule has 178 valence electrons. The molecule has 7 nitrogen and oxygen atoms in total. The van der Waals surface area contributed by atoms with Crippen molar-refractivity contribution in [1.29, 1.82) is 0 Å². The number of alkyl carbamates (subject to hydrolysis) is 1. The highest BCUT2D eigenvalue weighted by Crippen LogP contribution is 2.44. The zero-order valence-corrected chi connectivity index (χ0v) is 19.6. The molecule has 2 aromatic rings. The summed E-state index contributed by atoms with van der Waals surface area (Å²) in [6.45, 7) is 1.09. The van der Waals surface area contributed by atoms with Crippen LogP contribution in [0, 0.1) is 5.92 Å². The quantitative estimate of drug-likeness (QED) is 0.677. The molecule has 3 aliphatic rings. The van der Waals surface area contributed by atoms with Crippen LogP contribution in [0.3, 0.4) is 0 Å². The molecule has 1 saturated heterocycles. The van der Waals surface area contributed by atoms with Crippen LogP contribution in [-0.4, -0.2) is 64.7 Å². The number of benzene rings is 2. The minimum absolute atomic E-state index is 0.00314. The van der Waals surface area contributed by atoms with Crippen LogP contribution < -0.4 is 5.32 Å². The van der Waals surface area contributed by atoms with Gasteiger partial charge in [-0.15, -0.1) is 11.8 Å². The van der Waals surface area contributed by atoms with E-state index in [4.69, 9.17) is 4.74 Å². The smallest absolute Gasteiger partial charge is 0.407 e. The van der Waals surface area contributed by atoms with Crippen molar-refractivity contribution in [2.24, 2.45) is 5.92 Å².